The van der Waals surface area contributed by atoms with Gasteiger partial charge in [0.25, 0.3) is 0 Å². The van der Waals surface area contributed by atoms with E-state index in [-0.39, 0.29) is 11.8 Å². The lowest BCUT2D eigenvalue weighted by Crippen LogP contribution is -2.22. The lowest BCUT2D eigenvalue weighted by Gasteiger charge is -2.19. The molecule has 0 fully saturated rings. The van der Waals surface area contributed by atoms with E-state index >= 15 is 0 Å². The maximum Gasteiger partial charge on any atom is 0.310 e. The standard InChI is InChI=1S/C9H10O2/c10-9(11)8-4-2-6-1-3-7(8)5-6/h1-4,6-8H,5H2,(H,10,11). The minimum Gasteiger partial charge on any atom is -0.481 e. The summed E-state index contributed by atoms with van der Waals surface area (Å²) in [5.41, 5.74) is 0. The van der Waals surface area contributed by atoms with Crippen molar-refractivity contribution >= 4 is 5.97 Å². The first-order valence-electron chi connectivity index (χ1n) is 3.87. The predicted octanol–water partition coefficient (Wildman–Crippen LogP) is 1.45. The quantitative estimate of drug-likeness (QED) is 0.574. The number of hydrogen-bond donors (Lipinski definition) is 1. The summed E-state index contributed by atoms with van der Waals surface area (Å²) in [7, 11) is 0. The molecule has 2 aliphatic carbocycles. The van der Waals surface area contributed by atoms with Gasteiger partial charge in [0.1, 0.15) is 0 Å². The van der Waals surface area contributed by atoms with Gasteiger partial charge in [-0.25, -0.2) is 0 Å². The molecule has 2 aliphatic rings. The fourth-order valence-corrected chi connectivity index (χ4v) is 1.84. The van der Waals surface area contributed by atoms with Gasteiger partial charge in [0, 0.05) is 0 Å². The molecule has 0 aromatic heterocycles. The highest BCUT2D eigenvalue weighted by atomic mass is 16.4. The Labute approximate surface area is 65.2 Å². The average molecular weight is 150 g/mol. The Balaban J connectivity index is 2.25. The number of rotatable bonds is 1. The molecule has 11 heavy (non-hydrogen) atoms. The van der Waals surface area contributed by atoms with E-state index in [9.17, 15) is 4.79 Å². The topological polar surface area (TPSA) is 37.3 Å². The molecule has 1 N–H and O–H groups in total. The largest absolute Gasteiger partial charge is 0.481 e. The number of carbonyl (C=O) groups is 1. The van der Waals surface area contributed by atoms with Gasteiger partial charge in [-0.2, -0.15) is 0 Å². The van der Waals surface area contributed by atoms with Crippen LogP contribution < -0.4 is 0 Å². The minimum atomic E-state index is -0.698. The normalized spacial score (nSPS) is 39.5. The van der Waals surface area contributed by atoms with Crippen molar-refractivity contribution in [2.24, 2.45) is 17.8 Å². The first kappa shape index (κ1) is 6.65. The molecule has 0 aliphatic heterocycles. The van der Waals surface area contributed by atoms with Gasteiger partial charge < -0.3 is 5.11 Å². The molecule has 0 heterocycles. The number of fused-ring (bicyclic) bond motifs is 2. The van der Waals surface area contributed by atoms with Crippen molar-refractivity contribution in [3.05, 3.63) is 24.3 Å². The Kier molecular flexibility index (Phi) is 1.34. The van der Waals surface area contributed by atoms with Gasteiger partial charge in [-0.05, 0) is 18.3 Å². The molecule has 0 saturated heterocycles. The van der Waals surface area contributed by atoms with Crippen LogP contribution in [0, 0.1) is 17.8 Å². The fourth-order valence-electron chi connectivity index (χ4n) is 1.84. The fraction of sp³-hybridized carbons (Fsp3) is 0.444. The summed E-state index contributed by atoms with van der Waals surface area (Å²) in [6, 6.07) is 0. The lowest BCUT2D eigenvalue weighted by atomic mass is 9.85. The summed E-state index contributed by atoms with van der Waals surface area (Å²) in [6.07, 6.45) is 8.95. The molecule has 2 nitrogen and oxygen atoms in total. The highest BCUT2D eigenvalue weighted by Crippen LogP contribution is 2.35. The van der Waals surface area contributed by atoms with Crippen molar-refractivity contribution in [1.82, 2.24) is 0 Å². The van der Waals surface area contributed by atoms with Crippen LogP contribution in [0.25, 0.3) is 0 Å². The van der Waals surface area contributed by atoms with Crippen LogP contribution in [0.2, 0.25) is 0 Å². The van der Waals surface area contributed by atoms with Gasteiger partial charge >= 0.3 is 5.97 Å². The zero-order valence-electron chi connectivity index (χ0n) is 6.10. The first-order chi connectivity index (χ1) is 5.27. The van der Waals surface area contributed by atoms with Crippen molar-refractivity contribution < 1.29 is 9.90 Å². The van der Waals surface area contributed by atoms with Gasteiger partial charge in [0.05, 0.1) is 5.92 Å². The minimum absolute atomic E-state index is 0.252. The van der Waals surface area contributed by atoms with E-state index in [1.807, 2.05) is 18.2 Å². The molecule has 3 atom stereocenters. The molecule has 2 bridgehead atoms. The van der Waals surface area contributed by atoms with Crippen molar-refractivity contribution in [3.63, 3.8) is 0 Å². The predicted molar refractivity (Wildman–Crippen MR) is 41.0 cm³/mol. The highest BCUT2D eigenvalue weighted by Gasteiger charge is 2.31. The monoisotopic (exact) mass is 150 g/mol. The Bertz CT molecular complexity index is 240. The van der Waals surface area contributed by atoms with Crippen molar-refractivity contribution in [2.45, 2.75) is 6.42 Å². The van der Waals surface area contributed by atoms with Crippen LogP contribution in [-0.4, -0.2) is 11.1 Å². The summed E-state index contributed by atoms with van der Waals surface area (Å²) in [4.78, 5) is 10.7. The molecule has 2 rings (SSSR count). The molecular formula is C9H10O2. The summed E-state index contributed by atoms with van der Waals surface area (Å²) in [6.45, 7) is 0. The van der Waals surface area contributed by atoms with Crippen LogP contribution in [0.4, 0.5) is 0 Å². The second kappa shape index (κ2) is 2.22. The smallest absolute Gasteiger partial charge is 0.310 e. The van der Waals surface area contributed by atoms with Crippen molar-refractivity contribution in [2.75, 3.05) is 0 Å². The highest BCUT2D eigenvalue weighted by molar-refractivity contribution is 5.73. The Morgan fingerprint density at radius 3 is 2.73 bits per heavy atom. The molecule has 2 heteroatoms. The average Bonchev–Trinajstić information content (AvgIpc) is 2.32. The van der Waals surface area contributed by atoms with Gasteiger partial charge in [-0.3, -0.25) is 4.79 Å². The zero-order valence-corrected chi connectivity index (χ0v) is 6.10. The summed E-state index contributed by atoms with van der Waals surface area (Å²) >= 11 is 0. The Morgan fingerprint density at radius 2 is 2.00 bits per heavy atom. The third kappa shape index (κ3) is 0.985. The maximum atomic E-state index is 10.7. The first-order valence-corrected chi connectivity index (χ1v) is 3.87. The summed E-state index contributed by atoms with van der Waals surface area (Å²) < 4.78 is 0. The maximum absolute atomic E-state index is 10.7. The third-order valence-corrected chi connectivity index (χ3v) is 2.46. The third-order valence-electron chi connectivity index (χ3n) is 2.46. The van der Waals surface area contributed by atoms with E-state index in [4.69, 9.17) is 5.11 Å². The molecular weight excluding hydrogens is 140 g/mol. The number of carboxylic acids is 1. The SMILES string of the molecule is O=C(O)C1C=CC2C=CC1C2. The Morgan fingerprint density at radius 1 is 1.27 bits per heavy atom. The number of carboxylic acid groups (broad SMARTS) is 1. The van der Waals surface area contributed by atoms with E-state index < -0.39 is 5.97 Å². The van der Waals surface area contributed by atoms with Crippen LogP contribution >= 0.6 is 0 Å². The van der Waals surface area contributed by atoms with Gasteiger partial charge in [0.2, 0.25) is 0 Å². The lowest BCUT2D eigenvalue weighted by molar-refractivity contribution is -0.141. The second-order valence-electron chi connectivity index (χ2n) is 3.20. The molecule has 0 spiro atoms. The molecule has 0 aromatic rings. The molecule has 0 aromatic carbocycles. The van der Waals surface area contributed by atoms with Gasteiger partial charge in [-0.15, -0.1) is 0 Å². The van der Waals surface area contributed by atoms with Gasteiger partial charge in [-0.1, -0.05) is 24.3 Å². The van der Waals surface area contributed by atoms with E-state index in [2.05, 4.69) is 6.08 Å². The number of allylic oxidation sites excluding steroid dienone is 3. The Hall–Kier alpha value is -1.05. The van der Waals surface area contributed by atoms with Crippen LogP contribution in [0.15, 0.2) is 24.3 Å². The second-order valence-corrected chi connectivity index (χ2v) is 3.20. The van der Waals surface area contributed by atoms with Crippen LogP contribution in [0.1, 0.15) is 6.42 Å². The van der Waals surface area contributed by atoms with E-state index in [1.165, 1.54) is 0 Å². The van der Waals surface area contributed by atoms with Crippen molar-refractivity contribution in [3.8, 4) is 0 Å². The molecule has 0 radical (unpaired) electrons. The summed E-state index contributed by atoms with van der Waals surface area (Å²) in [5, 5.41) is 8.77. The summed E-state index contributed by atoms with van der Waals surface area (Å²) in [5.74, 6) is -0.209. The number of aliphatic carboxylic acids is 1. The zero-order chi connectivity index (χ0) is 7.84. The molecule has 0 saturated carbocycles. The molecule has 58 valence electrons. The van der Waals surface area contributed by atoms with Crippen LogP contribution in [0.5, 0.6) is 0 Å². The number of hydrogen-bond acceptors (Lipinski definition) is 1. The van der Waals surface area contributed by atoms with E-state index in [0.29, 0.717) is 5.92 Å². The molecule has 0 amide bonds. The van der Waals surface area contributed by atoms with Crippen LogP contribution in [0.3, 0.4) is 0 Å². The van der Waals surface area contributed by atoms with E-state index in [1.54, 1.807) is 0 Å². The van der Waals surface area contributed by atoms with E-state index in [0.717, 1.165) is 6.42 Å². The van der Waals surface area contributed by atoms with Crippen LogP contribution in [-0.2, 0) is 4.79 Å². The van der Waals surface area contributed by atoms with Gasteiger partial charge in [0.15, 0.2) is 0 Å². The van der Waals surface area contributed by atoms with Crippen molar-refractivity contribution in [1.29, 1.82) is 0 Å². The molecule has 3 unspecified atom stereocenters.